The van der Waals surface area contributed by atoms with Crippen LogP contribution in [-0.4, -0.2) is 35.1 Å². The van der Waals surface area contributed by atoms with E-state index in [9.17, 15) is 19.7 Å². The van der Waals surface area contributed by atoms with Crippen LogP contribution in [0.25, 0.3) is 0 Å². The Kier molecular flexibility index (Phi) is 6.92. The molecule has 0 heterocycles. The van der Waals surface area contributed by atoms with Crippen molar-refractivity contribution in [3.63, 3.8) is 0 Å². The predicted octanol–water partition coefficient (Wildman–Crippen LogP) is 1.19. The van der Waals surface area contributed by atoms with Crippen molar-refractivity contribution in [3.05, 3.63) is 10.1 Å². The van der Waals surface area contributed by atoms with Crippen LogP contribution in [0.3, 0.4) is 0 Å². The molecule has 0 saturated carbocycles. The lowest BCUT2D eigenvalue weighted by Crippen LogP contribution is -2.37. The summed E-state index contributed by atoms with van der Waals surface area (Å²) in [5.74, 6) is -4.54. The van der Waals surface area contributed by atoms with Crippen LogP contribution in [0.5, 0.6) is 0 Å². The van der Waals surface area contributed by atoms with Gasteiger partial charge in [-0.25, -0.2) is 0 Å². The lowest BCUT2D eigenvalue weighted by Gasteiger charge is -2.20. The van der Waals surface area contributed by atoms with E-state index in [1.165, 1.54) is 0 Å². The highest BCUT2D eigenvalue weighted by molar-refractivity contribution is 5.94. The second-order valence-electron chi connectivity index (χ2n) is 4.47. The fourth-order valence-corrected chi connectivity index (χ4v) is 1.84. The smallest absolute Gasteiger partial charge is 0.320 e. The highest BCUT2D eigenvalue weighted by Gasteiger charge is 2.39. The molecule has 0 aromatic carbocycles. The fourth-order valence-electron chi connectivity index (χ4n) is 1.84. The Balaban J connectivity index is 5.01. The van der Waals surface area contributed by atoms with Crippen LogP contribution < -0.4 is 0 Å². The van der Waals surface area contributed by atoms with E-state index < -0.39 is 35.2 Å². The number of aliphatic carboxylic acids is 1. The standard InChI is InChI=1S/C11H19NO6/c1-4-18-11(15)9(10(13)14)8(5-7(2)3)6-12(16)17/h7-9H,4-6H2,1-3H3,(H,13,14)/t8?,9-/m0/s1. The first kappa shape index (κ1) is 16.3. The van der Waals surface area contributed by atoms with Crippen molar-refractivity contribution in [1.82, 2.24) is 0 Å². The molecule has 0 aliphatic rings. The van der Waals surface area contributed by atoms with E-state index in [-0.39, 0.29) is 18.9 Å². The van der Waals surface area contributed by atoms with E-state index in [4.69, 9.17) is 5.11 Å². The first-order valence-corrected chi connectivity index (χ1v) is 5.80. The SMILES string of the molecule is CCOC(=O)[C@H](C(=O)O)C(CC(C)C)C[N+](=O)[O-]. The molecule has 0 radical (unpaired) electrons. The molecule has 0 aliphatic carbocycles. The van der Waals surface area contributed by atoms with E-state index in [0.717, 1.165) is 0 Å². The van der Waals surface area contributed by atoms with E-state index in [2.05, 4.69) is 4.74 Å². The zero-order valence-corrected chi connectivity index (χ0v) is 10.8. The number of carbonyl (C=O) groups excluding carboxylic acids is 1. The quantitative estimate of drug-likeness (QED) is 0.304. The molecule has 0 aromatic rings. The van der Waals surface area contributed by atoms with Gasteiger partial charge in [0.15, 0.2) is 5.92 Å². The number of ether oxygens (including phenoxy) is 1. The van der Waals surface area contributed by atoms with E-state index in [0.29, 0.717) is 0 Å². The molecule has 0 fully saturated rings. The third kappa shape index (κ3) is 5.60. The number of nitrogens with zero attached hydrogens (tertiary/aromatic N) is 1. The van der Waals surface area contributed by atoms with Gasteiger partial charge in [-0.05, 0) is 19.3 Å². The van der Waals surface area contributed by atoms with Gasteiger partial charge in [-0.1, -0.05) is 13.8 Å². The Morgan fingerprint density at radius 2 is 1.94 bits per heavy atom. The molecular formula is C11H19NO6. The minimum Gasteiger partial charge on any atom is -0.481 e. The van der Waals surface area contributed by atoms with Crippen molar-refractivity contribution >= 4 is 11.9 Å². The van der Waals surface area contributed by atoms with E-state index >= 15 is 0 Å². The highest BCUT2D eigenvalue weighted by atomic mass is 16.6. The van der Waals surface area contributed by atoms with E-state index in [1.54, 1.807) is 6.92 Å². The van der Waals surface area contributed by atoms with Gasteiger partial charge in [0.05, 0.1) is 6.61 Å². The Morgan fingerprint density at radius 1 is 1.39 bits per heavy atom. The summed E-state index contributed by atoms with van der Waals surface area (Å²) in [7, 11) is 0. The first-order chi connectivity index (χ1) is 8.29. The average Bonchev–Trinajstić information content (AvgIpc) is 2.14. The average molecular weight is 261 g/mol. The maximum atomic E-state index is 11.6. The second kappa shape index (κ2) is 7.62. The van der Waals surface area contributed by atoms with Crippen molar-refractivity contribution in [2.75, 3.05) is 13.2 Å². The molecule has 104 valence electrons. The molecule has 0 rings (SSSR count). The molecule has 1 unspecified atom stereocenters. The summed E-state index contributed by atoms with van der Waals surface area (Å²) in [5.41, 5.74) is 0. The lowest BCUT2D eigenvalue weighted by atomic mass is 9.85. The van der Waals surface area contributed by atoms with Crippen molar-refractivity contribution in [1.29, 1.82) is 0 Å². The van der Waals surface area contributed by atoms with Crippen LogP contribution >= 0.6 is 0 Å². The van der Waals surface area contributed by atoms with Crippen LogP contribution in [-0.2, 0) is 14.3 Å². The summed E-state index contributed by atoms with van der Waals surface area (Å²) in [5, 5.41) is 19.6. The maximum Gasteiger partial charge on any atom is 0.320 e. The zero-order valence-electron chi connectivity index (χ0n) is 10.8. The minimum atomic E-state index is -1.47. The Morgan fingerprint density at radius 3 is 2.28 bits per heavy atom. The first-order valence-electron chi connectivity index (χ1n) is 5.80. The normalized spacial score (nSPS) is 14.0. The summed E-state index contributed by atoms with van der Waals surface area (Å²) in [6.07, 6.45) is 0.288. The van der Waals surface area contributed by atoms with Gasteiger partial charge in [0.1, 0.15) is 0 Å². The number of rotatable bonds is 8. The van der Waals surface area contributed by atoms with Crippen molar-refractivity contribution in [2.24, 2.45) is 17.8 Å². The van der Waals surface area contributed by atoms with Crippen molar-refractivity contribution < 1.29 is 24.4 Å². The number of carbonyl (C=O) groups is 2. The second-order valence-corrected chi connectivity index (χ2v) is 4.47. The topological polar surface area (TPSA) is 107 Å². The lowest BCUT2D eigenvalue weighted by molar-refractivity contribution is -0.489. The molecule has 2 atom stereocenters. The van der Waals surface area contributed by atoms with Gasteiger partial charge in [-0.3, -0.25) is 19.7 Å². The molecule has 0 amide bonds. The monoisotopic (exact) mass is 261 g/mol. The molecule has 1 N–H and O–H groups in total. The summed E-state index contributed by atoms with van der Waals surface area (Å²) in [6.45, 7) is 4.69. The summed E-state index contributed by atoms with van der Waals surface area (Å²) in [6, 6.07) is 0. The van der Waals surface area contributed by atoms with Gasteiger partial charge in [-0.15, -0.1) is 0 Å². The van der Waals surface area contributed by atoms with Crippen molar-refractivity contribution in [3.8, 4) is 0 Å². The van der Waals surface area contributed by atoms with Gasteiger partial charge in [0.25, 0.3) is 0 Å². The van der Waals surface area contributed by atoms with Gasteiger partial charge >= 0.3 is 11.9 Å². The third-order valence-electron chi connectivity index (χ3n) is 2.44. The predicted molar refractivity (Wildman–Crippen MR) is 62.6 cm³/mol. The van der Waals surface area contributed by atoms with Crippen LogP contribution in [0.1, 0.15) is 27.2 Å². The number of esters is 1. The number of hydrogen-bond donors (Lipinski definition) is 1. The molecular weight excluding hydrogens is 242 g/mol. The Labute approximate surface area is 105 Å². The van der Waals surface area contributed by atoms with Crippen LogP contribution in [0, 0.1) is 27.9 Å². The van der Waals surface area contributed by atoms with Crippen LogP contribution in [0.2, 0.25) is 0 Å². The zero-order chi connectivity index (χ0) is 14.3. The molecule has 0 bridgehead atoms. The number of nitro groups is 1. The Bertz CT molecular complexity index is 315. The molecule has 18 heavy (non-hydrogen) atoms. The van der Waals surface area contributed by atoms with Gasteiger partial charge in [-0.2, -0.15) is 0 Å². The number of hydrogen-bond acceptors (Lipinski definition) is 5. The summed E-state index contributed by atoms with van der Waals surface area (Å²) in [4.78, 5) is 32.6. The van der Waals surface area contributed by atoms with Crippen LogP contribution in [0.4, 0.5) is 0 Å². The van der Waals surface area contributed by atoms with Gasteiger partial charge in [0, 0.05) is 10.8 Å². The number of carboxylic acid groups (broad SMARTS) is 1. The Hall–Kier alpha value is -1.66. The largest absolute Gasteiger partial charge is 0.481 e. The fraction of sp³-hybridized carbons (Fsp3) is 0.818. The van der Waals surface area contributed by atoms with Gasteiger partial charge < -0.3 is 9.84 Å². The van der Waals surface area contributed by atoms with E-state index in [1.807, 2.05) is 13.8 Å². The molecule has 7 heteroatoms. The van der Waals surface area contributed by atoms with Crippen LogP contribution in [0.15, 0.2) is 0 Å². The summed E-state index contributed by atoms with van der Waals surface area (Å²) >= 11 is 0. The number of carboxylic acids is 1. The van der Waals surface area contributed by atoms with Crippen molar-refractivity contribution in [2.45, 2.75) is 27.2 Å². The molecule has 0 spiro atoms. The molecule has 0 aromatic heterocycles. The highest BCUT2D eigenvalue weighted by Crippen LogP contribution is 2.23. The maximum absolute atomic E-state index is 11.6. The molecule has 7 nitrogen and oxygen atoms in total. The summed E-state index contributed by atoms with van der Waals surface area (Å²) < 4.78 is 4.67. The molecule has 0 saturated heterocycles. The third-order valence-corrected chi connectivity index (χ3v) is 2.44. The minimum absolute atomic E-state index is 0.0511. The molecule has 0 aliphatic heterocycles. The van der Waals surface area contributed by atoms with Gasteiger partial charge in [0.2, 0.25) is 6.54 Å².